The first-order valence-electron chi connectivity index (χ1n) is 9.93. The zero-order valence-corrected chi connectivity index (χ0v) is 17.8. The van der Waals surface area contributed by atoms with E-state index >= 15 is 0 Å². The van der Waals surface area contributed by atoms with Crippen LogP contribution in [0.2, 0.25) is 0 Å². The molecule has 0 amide bonds. The molecule has 1 aliphatic carbocycles. The van der Waals surface area contributed by atoms with E-state index in [1.54, 1.807) is 13.2 Å². The van der Waals surface area contributed by atoms with E-state index in [1.165, 1.54) is 0 Å². The van der Waals surface area contributed by atoms with Gasteiger partial charge in [-0.3, -0.25) is 4.98 Å². The smallest absolute Gasteiger partial charge is 0.139 e. The molecule has 1 heterocycles. The van der Waals surface area contributed by atoms with Gasteiger partial charge in [0, 0.05) is 25.4 Å². The van der Waals surface area contributed by atoms with Crippen molar-refractivity contribution in [3.8, 4) is 11.8 Å². The highest BCUT2D eigenvalue weighted by molar-refractivity contribution is 6.06. The summed E-state index contributed by atoms with van der Waals surface area (Å²) in [6.45, 7) is 4.28. The lowest BCUT2D eigenvalue weighted by molar-refractivity contribution is 0.268. The topological polar surface area (TPSA) is 96.3 Å². The van der Waals surface area contributed by atoms with Gasteiger partial charge in [-0.25, -0.2) is 0 Å². The Hall–Kier alpha value is -3.43. The van der Waals surface area contributed by atoms with Gasteiger partial charge in [0.1, 0.15) is 11.9 Å². The van der Waals surface area contributed by atoms with Crippen molar-refractivity contribution < 1.29 is 4.74 Å². The molecule has 1 aliphatic rings. The minimum atomic E-state index is -0.130. The Morgan fingerprint density at radius 1 is 1.47 bits per heavy atom. The molecule has 1 unspecified atom stereocenters. The maximum absolute atomic E-state index is 8.65. The molecule has 30 heavy (non-hydrogen) atoms. The molecule has 0 fully saturated rings. The van der Waals surface area contributed by atoms with E-state index in [9.17, 15) is 0 Å². The molecule has 1 aromatic rings. The molecule has 6 nitrogen and oxygen atoms in total. The standard InChI is InChI=1S/C24H29N5O/c1-18(7-6-12-25)10-11-19(2)30-23-14-22(16-28-17-23)20-8-4-5-9-21(13-20)24(15-26)29-27-3/h5,7-11,13-14,16-17,19,27H,4,6,15,26H2,1-3H3/b11-10-,18-7-,29-24-. The molecule has 0 aromatic carbocycles. The average molecular weight is 404 g/mol. The second-order valence-electron chi connectivity index (χ2n) is 6.79. The van der Waals surface area contributed by atoms with E-state index in [0.717, 1.165) is 34.4 Å². The number of nitrogens with one attached hydrogen (secondary N) is 1. The average Bonchev–Trinajstić information content (AvgIpc) is 3.01. The lowest BCUT2D eigenvalue weighted by Crippen LogP contribution is -2.18. The molecular weight excluding hydrogens is 374 g/mol. The fourth-order valence-corrected chi connectivity index (χ4v) is 2.87. The first-order chi connectivity index (χ1) is 14.6. The van der Waals surface area contributed by atoms with Crippen LogP contribution in [0.4, 0.5) is 0 Å². The van der Waals surface area contributed by atoms with Crippen LogP contribution in [-0.2, 0) is 0 Å². The van der Waals surface area contributed by atoms with Gasteiger partial charge in [-0.05, 0) is 49.6 Å². The Bertz CT molecular complexity index is 945. The van der Waals surface area contributed by atoms with Gasteiger partial charge in [-0.15, -0.1) is 0 Å². The summed E-state index contributed by atoms with van der Waals surface area (Å²) in [7, 11) is 1.76. The van der Waals surface area contributed by atoms with E-state index < -0.39 is 0 Å². The van der Waals surface area contributed by atoms with Crippen LogP contribution in [-0.4, -0.2) is 30.4 Å². The van der Waals surface area contributed by atoms with E-state index in [0.29, 0.717) is 18.7 Å². The number of hydrazone groups is 1. The number of rotatable bonds is 9. The predicted molar refractivity (Wildman–Crippen MR) is 123 cm³/mol. The van der Waals surface area contributed by atoms with Crippen LogP contribution in [0, 0.1) is 11.3 Å². The highest BCUT2D eigenvalue weighted by Crippen LogP contribution is 2.25. The van der Waals surface area contributed by atoms with E-state index in [1.807, 2.05) is 50.4 Å². The third-order valence-electron chi connectivity index (χ3n) is 4.37. The van der Waals surface area contributed by atoms with Gasteiger partial charge in [0.2, 0.25) is 0 Å². The number of hydrogen-bond donors (Lipinski definition) is 2. The second kappa shape index (κ2) is 12.2. The van der Waals surface area contributed by atoms with Crippen LogP contribution in [0.25, 0.3) is 5.57 Å². The molecule has 0 bridgehead atoms. The van der Waals surface area contributed by atoms with Gasteiger partial charge in [0.15, 0.2) is 0 Å². The van der Waals surface area contributed by atoms with Gasteiger partial charge >= 0.3 is 0 Å². The zero-order valence-electron chi connectivity index (χ0n) is 17.8. The van der Waals surface area contributed by atoms with Crippen LogP contribution < -0.4 is 15.9 Å². The lowest BCUT2D eigenvalue weighted by Gasteiger charge is -2.12. The van der Waals surface area contributed by atoms with Crippen molar-refractivity contribution in [2.75, 3.05) is 13.6 Å². The van der Waals surface area contributed by atoms with E-state index in [-0.39, 0.29) is 6.10 Å². The molecule has 0 radical (unpaired) electrons. The molecule has 1 atom stereocenters. The predicted octanol–water partition coefficient (Wildman–Crippen LogP) is 4.07. The number of allylic oxidation sites excluding steroid dienone is 8. The van der Waals surface area contributed by atoms with Crippen LogP contribution in [0.5, 0.6) is 5.75 Å². The Labute approximate surface area is 178 Å². The maximum Gasteiger partial charge on any atom is 0.139 e. The summed E-state index contributed by atoms with van der Waals surface area (Å²) in [5, 5.41) is 12.9. The Kier molecular flexibility index (Phi) is 9.29. The molecule has 2 rings (SSSR count). The molecule has 0 spiro atoms. The highest BCUT2D eigenvalue weighted by atomic mass is 16.5. The normalized spacial score (nSPS) is 15.8. The maximum atomic E-state index is 8.65. The molecule has 0 saturated carbocycles. The van der Waals surface area contributed by atoms with Crippen molar-refractivity contribution in [1.82, 2.24) is 10.4 Å². The van der Waals surface area contributed by atoms with Gasteiger partial charge in [0.05, 0.1) is 24.4 Å². The van der Waals surface area contributed by atoms with Crippen molar-refractivity contribution in [3.05, 3.63) is 77.7 Å². The number of nitrogens with zero attached hydrogens (tertiary/aromatic N) is 3. The van der Waals surface area contributed by atoms with Gasteiger partial charge in [-0.1, -0.05) is 36.0 Å². The Morgan fingerprint density at radius 3 is 3.03 bits per heavy atom. The number of nitrogens with two attached hydrogens (primary N) is 1. The zero-order chi connectivity index (χ0) is 21.8. The Morgan fingerprint density at radius 2 is 2.30 bits per heavy atom. The van der Waals surface area contributed by atoms with Crippen molar-refractivity contribution in [3.63, 3.8) is 0 Å². The molecule has 6 heteroatoms. The largest absolute Gasteiger partial charge is 0.485 e. The van der Waals surface area contributed by atoms with Crippen molar-refractivity contribution in [2.24, 2.45) is 10.8 Å². The fraction of sp³-hybridized carbons (Fsp3) is 0.292. The van der Waals surface area contributed by atoms with Crippen LogP contribution in [0.3, 0.4) is 0 Å². The Balaban J connectivity index is 2.18. The highest BCUT2D eigenvalue weighted by Gasteiger charge is 2.10. The SMILES string of the molecule is CN/N=C(/CN)C1=CC(c2cncc(OC(C)/C=C\C(C)=C/CC#N)c2)=CCC=C1. The molecule has 3 N–H and O–H groups in total. The summed E-state index contributed by atoms with van der Waals surface area (Å²) in [5.74, 6) is 0.694. The summed E-state index contributed by atoms with van der Waals surface area (Å²) >= 11 is 0. The number of hydrogen-bond acceptors (Lipinski definition) is 6. The summed E-state index contributed by atoms with van der Waals surface area (Å²) in [5.41, 5.74) is 13.5. The quantitative estimate of drug-likeness (QED) is 0.368. The van der Waals surface area contributed by atoms with Gasteiger partial charge in [0.25, 0.3) is 0 Å². The number of ether oxygens (including phenoxy) is 1. The molecule has 1 aromatic heterocycles. The van der Waals surface area contributed by atoms with Crippen LogP contribution in [0.15, 0.2) is 77.2 Å². The molecular formula is C24H29N5O. The summed E-state index contributed by atoms with van der Waals surface area (Å²) in [6.07, 6.45) is 18.8. The summed E-state index contributed by atoms with van der Waals surface area (Å²) < 4.78 is 6.01. The first kappa shape index (κ1) is 22.9. The first-order valence-corrected chi connectivity index (χ1v) is 9.93. The van der Waals surface area contributed by atoms with Crippen LogP contribution >= 0.6 is 0 Å². The minimum Gasteiger partial charge on any atom is -0.485 e. The fourth-order valence-electron chi connectivity index (χ4n) is 2.87. The van der Waals surface area contributed by atoms with Crippen LogP contribution in [0.1, 0.15) is 32.3 Å². The molecule has 0 saturated heterocycles. The number of nitriles is 1. The summed E-state index contributed by atoms with van der Waals surface area (Å²) in [4.78, 5) is 4.35. The van der Waals surface area contributed by atoms with Gasteiger partial charge in [-0.2, -0.15) is 10.4 Å². The monoisotopic (exact) mass is 403 g/mol. The summed E-state index contributed by atoms with van der Waals surface area (Å²) in [6, 6.07) is 4.09. The lowest BCUT2D eigenvalue weighted by atomic mass is 10.0. The van der Waals surface area contributed by atoms with Crippen molar-refractivity contribution >= 4 is 11.3 Å². The third-order valence-corrected chi connectivity index (χ3v) is 4.37. The second-order valence-corrected chi connectivity index (χ2v) is 6.79. The van der Waals surface area contributed by atoms with E-state index in [2.05, 4.69) is 39.8 Å². The molecule has 0 aliphatic heterocycles. The number of aromatic nitrogens is 1. The molecule has 156 valence electrons. The van der Waals surface area contributed by atoms with E-state index in [4.69, 9.17) is 15.7 Å². The van der Waals surface area contributed by atoms with Gasteiger partial charge < -0.3 is 15.9 Å². The third kappa shape index (κ3) is 7.19. The minimum absolute atomic E-state index is 0.130. The number of pyridine rings is 1. The van der Waals surface area contributed by atoms with Crippen molar-refractivity contribution in [2.45, 2.75) is 32.8 Å². The van der Waals surface area contributed by atoms with Crippen molar-refractivity contribution in [1.29, 1.82) is 5.26 Å².